The molecule has 0 amide bonds. The lowest BCUT2D eigenvalue weighted by atomic mass is 10.3. The lowest BCUT2D eigenvalue weighted by Crippen LogP contribution is -2.40. The van der Waals surface area contributed by atoms with Gasteiger partial charge in [-0.3, -0.25) is 0 Å². The first kappa shape index (κ1) is 13.5. The molecule has 0 radical (unpaired) electrons. The lowest BCUT2D eigenvalue weighted by molar-refractivity contribution is 0.532. The molecular weight excluding hydrogens is 294 g/mol. The summed E-state index contributed by atoms with van der Waals surface area (Å²) >= 11 is 4.06. The molecule has 5 heteroatoms. The van der Waals surface area contributed by atoms with E-state index in [4.69, 9.17) is 0 Å². The van der Waals surface area contributed by atoms with E-state index < -0.39 is 11.4 Å². The largest absolute Gasteiger partial charge is 0.598 e. The minimum atomic E-state index is -1.02. The Hall–Kier alpha value is 0.450. The zero-order valence-electron chi connectivity index (χ0n) is 9.33. The minimum Gasteiger partial charge on any atom is -0.598 e. The van der Waals surface area contributed by atoms with Crippen molar-refractivity contribution in [1.29, 1.82) is 0 Å². The summed E-state index contributed by atoms with van der Waals surface area (Å²) in [4.78, 5) is 1.19. The zero-order valence-corrected chi connectivity index (χ0v) is 12.6. The Bertz CT molecular complexity index is 321. The van der Waals surface area contributed by atoms with Gasteiger partial charge in [0.05, 0.1) is 6.04 Å². The fourth-order valence-corrected chi connectivity index (χ4v) is 3.28. The fourth-order valence-electron chi connectivity index (χ4n) is 0.951. The first-order chi connectivity index (χ1) is 6.80. The molecule has 0 bridgehead atoms. The van der Waals surface area contributed by atoms with Crippen LogP contribution >= 0.6 is 27.3 Å². The van der Waals surface area contributed by atoms with Crippen LogP contribution in [0.25, 0.3) is 0 Å². The Labute approximate surface area is 107 Å². The molecule has 1 rings (SSSR count). The number of halogens is 1. The van der Waals surface area contributed by atoms with Crippen molar-refractivity contribution in [3.05, 3.63) is 20.8 Å². The average Bonchev–Trinajstić information content (AvgIpc) is 2.50. The summed E-state index contributed by atoms with van der Waals surface area (Å²) in [6.45, 7) is 7.93. The third-order valence-electron chi connectivity index (χ3n) is 1.85. The normalized spacial score (nSPS) is 16.4. The van der Waals surface area contributed by atoms with Crippen molar-refractivity contribution in [2.45, 2.75) is 38.5 Å². The van der Waals surface area contributed by atoms with E-state index in [1.807, 2.05) is 33.1 Å². The van der Waals surface area contributed by atoms with E-state index in [0.717, 1.165) is 4.47 Å². The smallest absolute Gasteiger partial charge is 0.136 e. The van der Waals surface area contributed by atoms with Crippen LogP contribution in [0.15, 0.2) is 15.9 Å². The molecular formula is C10H16BrNOS2. The number of hydrogen-bond acceptors (Lipinski definition) is 3. The van der Waals surface area contributed by atoms with Crippen molar-refractivity contribution in [3.63, 3.8) is 0 Å². The van der Waals surface area contributed by atoms with Gasteiger partial charge in [-0.05, 0) is 49.7 Å². The van der Waals surface area contributed by atoms with Crippen LogP contribution in [0, 0.1) is 0 Å². The van der Waals surface area contributed by atoms with E-state index >= 15 is 0 Å². The van der Waals surface area contributed by atoms with E-state index in [0.29, 0.717) is 0 Å². The van der Waals surface area contributed by atoms with E-state index in [1.165, 1.54) is 4.88 Å². The van der Waals surface area contributed by atoms with Gasteiger partial charge in [-0.1, -0.05) is 0 Å². The summed E-state index contributed by atoms with van der Waals surface area (Å²) in [5.41, 5.74) is 0. The lowest BCUT2D eigenvalue weighted by Gasteiger charge is -2.26. The summed E-state index contributed by atoms with van der Waals surface area (Å²) in [5, 5.41) is 2.04. The SMILES string of the molecule is C[C@H](N[S@+]([O-])C(C)(C)C)c1cc(Br)cs1. The second kappa shape index (κ2) is 5.19. The Balaban J connectivity index is 2.60. The third kappa shape index (κ3) is 4.07. The first-order valence-corrected chi connectivity index (χ1v) is 7.55. The average molecular weight is 310 g/mol. The number of nitrogens with one attached hydrogen (secondary N) is 1. The summed E-state index contributed by atoms with van der Waals surface area (Å²) in [5.74, 6) is 0. The molecule has 0 aliphatic carbocycles. The van der Waals surface area contributed by atoms with Crippen LogP contribution in [0.1, 0.15) is 38.6 Å². The maximum Gasteiger partial charge on any atom is 0.136 e. The van der Waals surface area contributed by atoms with Gasteiger partial charge in [-0.25, -0.2) is 0 Å². The molecule has 0 unspecified atom stereocenters. The van der Waals surface area contributed by atoms with Crippen molar-refractivity contribution in [3.8, 4) is 0 Å². The van der Waals surface area contributed by atoms with Crippen LogP contribution in [0.4, 0.5) is 0 Å². The Morgan fingerprint density at radius 1 is 1.53 bits per heavy atom. The number of rotatable bonds is 3. The third-order valence-corrected chi connectivity index (χ3v) is 5.41. The van der Waals surface area contributed by atoms with Crippen LogP contribution in [-0.4, -0.2) is 9.30 Å². The molecule has 0 saturated carbocycles. The van der Waals surface area contributed by atoms with Crippen molar-refractivity contribution in [2.75, 3.05) is 0 Å². The monoisotopic (exact) mass is 309 g/mol. The molecule has 0 spiro atoms. The van der Waals surface area contributed by atoms with Gasteiger partial charge in [0.1, 0.15) is 4.75 Å². The van der Waals surface area contributed by atoms with Gasteiger partial charge >= 0.3 is 0 Å². The van der Waals surface area contributed by atoms with E-state index in [-0.39, 0.29) is 10.8 Å². The molecule has 0 saturated heterocycles. The van der Waals surface area contributed by atoms with Crippen LogP contribution in [0.2, 0.25) is 0 Å². The van der Waals surface area contributed by atoms with Gasteiger partial charge in [0.2, 0.25) is 0 Å². The summed E-state index contributed by atoms with van der Waals surface area (Å²) in [6.07, 6.45) is 0. The van der Waals surface area contributed by atoms with E-state index in [1.54, 1.807) is 11.3 Å². The van der Waals surface area contributed by atoms with Crippen molar-refractivity contribution >= 4 is 38.6 Å². The zero-order chi connectivity index (χ0) is 11.6. The molecule has 1 N–H and O–H groups in total. The van der Waals surface area contributed by atoms with E-state index in [9.17, 15) is 4.55 Å². The Morgan fingerprint density at radius 3 is 2.53 bits per heavy atom. The number of hydrogen-bond donors (Lipinski definition) is 1. The quantitative estimate of drug-likeness (QED) is 0.865. The maximum atomic E-state index is 11.8. The highest BCUT2D eigenvalue weighted by molar-refractivity contribution is 9.10. The van der Waals surface area contributed by atoms with Gasteiger partial charge in [0.25, 0.3) is 0 Å². The molecule has 0 aliphatic heterocycles. The summed E-state index contributed by atoms with van der Waals surface area (Å²) in [6, 6.07) is 2.18. The summed E-state index contributed by atoms with van der Waals surface area (Å²) in [7, 11) is 0. The van der Waals surface area contributed by atoms with Crippen LogP contribution in [-0.2, 0) is 11.4 Å². The van der Waals surface area contributed by atoms with Gasteiger partial charge in [-0.15, -0.1) is 16.1 Å². The first-order valence-electron chi connectivity index (χ1n) is 4.72. The predicted octanol–water partition coefficient (Wildman–Crippen LogP) is 3.62. The number of thiophene rings is 1. The van der Waals surface area contributed by atoms with Crippen molar-refractivity contribution in [1.82, 2.24) is 4.72 Å². The molecule has 86 valence electrons. The van der Waals surface area contributed by atoms with Gasteiger partial charge in [0, 0.05) is 26.1 Å². The molecule has 0 aliphatic rings. The second-order valence-corrected chi connectivity index (χ2v) is 8.24. The van der Waals surface area contributed by atoms with E-state index in [2.05, 4.69) is 26.7 Å². The topological polar surface area (TPSA) is 35.1 Å². The van der Waals surface area contributed by atoms with Gasteiger partial charge in [-0.2, -0.15) is 0 Å². The summed E-state index contributed by atoms with van der Waals surface area (Å²) < 4.78 is 15.8. The molecule has 0 aromatic carbocycles. The Kier molecular flexibility index (Phi) is 4.67. The molecule has 2 nitrogen and oxygen atoms in total. The molecule has 1 aromatic rings. The molecule has 15 heavy (non-hydrogen) atoms. The van der Waals surface area contributed by atoms with Crippen LogP contribution < -0.4 is 4.72 Å². The van der Waals surface area contributed by atoms with Crippen molar-refractivity contribution in [2.24, 2.45) is 0 Å². The van der Waals surface area contributed by atoms with Gasteiger partial charge in [0.15, 0.2) is 0 Å². The highest BCUT2D eigenvalue weighted by atomic mass is 79.9. The predicted molar refractivity (Wildman–Crippen MR) is 71.5 cm³/mol. The van der Waals surface area contributed by atoms with Crippen LogP contribution in [0.3, 0.4) is 0 Å². The highest BCUT2D eigenvalue weighted by Crippen LogP contribution is 2.27. The Morgan fingerprint density at radius 2 is 2.13 bits per heavy atom. The molecule has 2 atom stereocenters. The molecule has 1 aromatic heterocycles. The van der Waals surface area contributed by atoms with Crippen LogP contribution in [0.5, 0.6) is 0 Å². The minimum absolute atomic E-state index is 0.126. The van der Waals surface area contributed by atoms with Gasteiger partial charge < -0.3 is 4.55 Å². The fraction of sp³-hybridized carbons (Fsp3) is 0.600. The maximum absolute atomic E-state index is 11.8. The van der Waals surface area contributed by atoms with Crippen molar-refractivity contribution < 1.29 is 4.55 Å². The highest BCUT2D eigenvalue weighted by Gasteiger charge is 2.28. The second-order valence-electron chi connectivity index (χ2n) is 4.39. The molecule has 1 heterocycles. The standard InChI is InChI=1S/C10H16BrNOS2/c1-7(9-5-8(11)6-14-9)12-15(13)10(2,3)4/h5-7,12H,1-4H3/t7-,15+/m0/s1. The molecule has 0 fully saturated rings.